The van der Waals surface area contributed by atoms with E-state index in [1.807, 2.05) is 23.9 Å². The summed E-state index contributed by atoms with van der Waals surface area (Å²) in [4.78, 5) is 4.02. The molecule has 1 unspecified atom stereocenters. The van der Waals surface area contributed by atoms with Gasteiger partial charge >= 0.3 is 0 Å². The molecule has 3 N–H and O–H groups in total. The first-order chi connectivity index (χ1) is 8.26. The van der Waals surface area contributed by atoms with E-state index < -0.39 is 0 Å². The Morgan fingerprint density at radius 2 is 2.29 bits per heavy atom. The second-order valence-electron chi connectivity index (χ2n) is 4.12. The van der Waals surface area contributed by atoms with Crippen molar-refractivity contribution in [3.8, 4) is 0 Å². The lowest BCUT2D eigenvalue weighted by atomic mass is 10.1. The van der Waals surface area contributed by atoms with Gasteiger partial charge in [0, 0.05) is 18.0 Å². The largest absolute Gasteiger partial charge is 0.384 e. The highest BCUT2D eigenvalue weighted by atomic mass is 32.2. The molecule has 1 aromatic heterocycles. The first-order valence-corrected chi connectivity index (χ1v) is 7.43. The van der Waals surface area contributed by atoms with Crippen LogP contribution in [0.2, 0.25) is 0 Å². The predicted molar refractivity (Wildman–Crippen MR) is 77.4 cm³/mol. The van der Waals surface area contributed by atoms with Gasteiger partial charge in [0.15, 0.2) is 0 Å². The normalized spacial score (nSPS) is 12.6. The van der Waals surface area contributed by atoms with Gasteiger partial charge in [0.1, 0.15) is 5.82 Å². The minimum atomic E-state index is 0.526. The summed E-state index contributed by atoms with van der Waals surface area (Å²) in [7, 11) is 0. The molecule has 0 amide bonds. The van der Waals surface area contributed by atoms with Gasteiger partial charge < -0.3 is 11.1 Å². The maximum Gasteiger partial charge on any atom is 0.123 e. The Morgan fingerprint density at radius 1 is 1.47 bits per heavy atom. The summed E-state index contributed by atoms with van der Waals surface area (Å²) in [5, 5.41) is 3.53. The molecule has 1 aromatic rings. The fraction of sp³-hybridized carbons (Fsp3) is 0.615. The topological polar surface area (TPSA) is 50.9 Å². The minimum absolute atomic E-state index is 0.526. The zero-order valence-corrected chi connectivity index (χ0v) is 11.6. The number of anilines is 1. The first kappa shape index (κ1) is 14.3. The van der Waals surface area contributed by atoms with Gasteiger partial charge in [-0.25, -0.2) is 4.98 Å². The molecule has 1 heterocycles. The Balaban J connectivity index is 2.47. The number of hydrogen-bond acceptors (Lipinski definition) is 4. The summed E-state index contributed by atoms with van der Waals surface area (Å²) in [5.74, 6) is 3.00. The summed E-state index contributed by atoms with van der Waals surface area (Å²) in [5.41, 5.74) is 6.96. The third-order valence-electron chi connectivity index (χ3n) is 2.49. The van der Waals surface area contributed by atoms with Crippen molar-refractivity contribution in [1.29, 1.82) is 0 Å². The SMILES string of the molecule is CCCSCC(Cc1ccnc(N)c1)NCC. The van der Waals surface area contributed by atoms with E-state index in [0.29, 0.717) is 11.9 Å². The molecule has 0 spiro atoms. The van der Waals surface area contributed by atoms with E-state index >= 15 is 0 Å². The highest BCUT2D eigenvalue weighted by Gasteiger charge is 2.08. The van der Waals surface area contributed by atoms with E-state index in [-0.39, 0.29) is 0 Å². The van der Waals surface area contributed by atoms with E-state index in [9.17, 15) is 0 Å². The van der Waals surface area contributed by atoms with Crippen LogP contribution in [0.3, 0.4) is 0 Å². The number of nitrogens with two attached hydrogens (primary N) is 1. The van der Waals surface area contributed by atoms with Gasteiger partial charge in [-0.2, -0.15) is 11.8 Å². The molecule has 0 bridgehead atoms. The molecule has 1 atom stereocenters. The van der Waals surface area contributed by atoms with Crippen LogP contribution in [0, 0.1) is 0 Å². The third-order valence-corrected chi connectivity index (χ3v) is 3.82. The van der Waals surface area contributed by atoms with Gasteiger partial charge in [0.05, 0.1) is 0 Å². The molecule has 0 saturated heterocycles. The number of rotatable bonds is 8. The van der Waals surface area contributed by atoms with Gasteiger partial charge in [-0.05, 0) is 42.8 Å². The molecule has 17 heavy (non-hydrogen) atoms. The number of likely N-dealkylation sites (N-methyl/N-ethyl adjacent to an activating group) is 1. The van der Waals surface area contributed by atoms with Crippen molar-refractivity contribution in [3.63, 3.8) is 0 Å². The number of nitrogen functional groups attached to an aromatic ring is 1. The molecule has 3 nitrogen and oxygen atoms in total. The summed E-state index contributed by atoms with van der Waals surface area (Å²) in [6, 6.07) is 4.54. The molecular weight excluding hydrogens is 230 g/mol. The lowest BCUT2D eigenvalue weighted by molar-refractivity contribution is 0.572. The molecule has 0 saturated carbocycles. The van der Waals surface area contributed by atoms with Gasteiger partial charge in [0.2, 0.25) is 0 Å². The Kier molecular flexibility index (Phi) is 7.05. The fourth-order valence-corrected chi connectivity index (χ4v) is 2.73. The average Bonchev–Trinajstić information content (AvgIpc) is 2.29. The van der Waals surface area contributed by atoms with Crippen LogP contribution in [0.4, 0.5) is 5.82 Å². The number of nitrogens with one attached hydrogen (secondary N) is 1. The van der Waals surface area contributed by atoms with Crippen LogP contribution < -0.4 is 11.1 Å². The van der Waals surface area contributed by atoms with E-state index in [0.717, 1.165) is 18.7 Å². The zero-order valence-electron chi connectivity index (χ0n) is 10.8. The van der Waals surface area contributed by atoms with Crippen LogP contribution in [0.15, 0.2) is 18.3 Å². The Bertz CT molecular complexity index is 317. The number of hydrogen-bond donors (Lipinski definition) is 2. The van der Waals surface area contributed by atoms with Crippen molar-refractivity contribution in [2.24, 2.45) is 0 Å². The van der Waals surface area contributed by atoms with Crippen molar-refractivity contribution in [3.05, 3.63) is 23.9 Å². The summed E-state index contributed by atoms with van der Waals surface area (Å²) in [6.45, 7) is 5.38. The first-order valence-electron chi connectivity index (χ1n) is 6.27. The van der Waals surface area contributed by atoms with E-state index in [1.54, 1.807) is 6.20 Å². The molecule has 0 radical (unpaired) electrons. The molecular formula is C13H23N3S. The lowest BCUT2D eigenvalue weighted by Crippen LogP contribution is -2.33. The Morgan fingerprint density at radius 3 is 2.94 bits per heavy atom. The standard InChI is InChI=1S/C13H23N3S/c1-3-7-17-10-12(15-4-2)8-11-5-6-16-13(14)9-11/h5-6,9,12,15H,3-4,7-8,10H2,1-2H3,(H2,14,16). The highest BCUT2D eigenvalue weighted by Crippen LogP contribution is 2.11. The molecule has 0 aliphatic carbocycles. The van der Waals surface area contributed by atoms with Crippen LogP contribution in [0.25, 0.3) is 0 Å². The molecule has 96 valence electrons. The van der Waals surface area contributed by atoms with Crippen LogP contribution >= 0.6 is 11.8 Å². The molecule has 0 aliphatic rings. The Hall–Kier alpha value is -0.740. The Labute approximate surface area is 109 Å². The maximum absolute atomic E-state index is 5.69. The van der Waals surface area contributed by atoms with Crippen molar-refractivity contribution in [2.45, 2.75) is 32.7 Å². The van der Waals surface area contributed by atoms with Gasteiger partial charge in [-0.1, -0.05) is 13.8 Å². The third kappa shape index (κ3) is 5.94. The minimum Gasteiger partial charge on any atom is -0.384 e. The lowest BCUT2D eigenvalue weighted by Gasteiger charge is -2.17. The molecule has 0 aromatic carbocycles. The number of pyridine rings is 1. The smallest absolute Gasteiger partial charge is 0.123 e. The molecule has 1 rings (SSSR count). The van der Waals surface area contributed by atoms with Crippen LogP contribution in [-0.4, -0.2) is 29.1 Å². The molecule has 0 aliphatic heterocycles. The van der Waals surface area contributed by atoms with Crippen LogP contribution in [0.5, 0.6) is 0 Å². The van der Waals surface area contributed by atoms with Gasteiger partial charge in [-0.3, -0.25) is 0 Å². The van der Waals surface area contributed by atoms with Gasteiger partial charge in [0.25, 0.3) is 0 Å². The number of aromatic nitrogens is 1. The van der Waals surface area contributed by atoms with Crippen molar-refractivity contribution in [1.82, 2.24) is 10.3 Å². The van der Waals surface area contributed by atoms with E-state index in [2.05, 4.69) is 24.1 Å². The predicted octanol–water partition coefficient (Wildman–Crippen LogP) is 2.33. The number of thioether (sulfide) groups is 1. The highest BCUT2D eigenvalue weighted by molar-refractivity contribution is 7.99. The van der Waals surface area contributed by atoms with Crippen molar-refractivity contribution >= 4 is 17.6 Å². The van der Waals surface area contributed by atoms with E-state index in [4.69, 9.17) is 5.73 Å². The van der Waals surface area contributed by atoms with Crippen LogP contribution in [0.1, 0.15) is 25.8 Å². The maximum atomic E-state index is 5.69. The number of nitrogens with zero attached hydrogens (tertiary/aromatic N) is 1. The summed E-state index contributed by atoms with van der Waals surface area (Å²) < 4.78 is 0. The molecule has 4 heteroatoms. The second-order valence-corrected chi connectivity index (χ2v) is 5.27. The van der Waals surface area contributed by atoms with Gasteiger partial charge in [-0.15, -0.1) is 0 Å². The van der Waals surface area contributed by atoms with Crippen LogP contribution in [-0.2, 0) is 6.42 Å². The summed E-state index contributed by atoms with van der Waals surface area (Å²) in [6.07, 6.45) is 4.05. The average molecular weight is 253 g/mol. The summed E-state index contributed by atoms with van der Waals surface area (Å²) >= 11 is 2.02. The quantitative estimate of drug-likeness (QED) is 0.698. The second kappa shape index (κ2) is 8.37. The molecule has 0 fully saturated rings. The van der Waals surface area contributed by atoms with Crippen molar-refractivity contribution < 1.29 is 0 Å². The monoisotopic (exact) mass is 253 g/mol. The van der Waals surface area contributed by atoms with Crippen molar-refractivity contribution in [2.75, 3.05) is 23.8 Å². The van der Waals surface area contributed by atoms with E-state index in [1.165, 1.54) is 17.7 Å². The zero-order chi connectivity index (χ0) is 12.5. The fourth-order valence-electron chi connectivity index (χ4n) is 1.75.